The number of halogens is 3. The van der Waals surface area contributed by atoms with E-state index in [2.05, 4.69) is 4.74 Å². The lowest BCUT2D eigenvalue weighted by Crippen LogP contribution is -2.43. The fourth-order valence-electron chi connectivity index (χ4n) is 0.507. The Kier molecular flexibility index (Phi) is 2.37. The van der Waals surface area contributed by atoms with Crippen LogP contribution in [0.25, 0.3) is 0 Å². The quantitative estimate of drug-likeness (QED) is 0.535. The molecule has 0 saturated carbocycles. The lowest BCUT2D eigenvalue weighted by molar-refractivity contribution is -0.186. The van der Waals surface area contributed by atoms with Gasteiger partial charge < -0.3 is 4.74 Å². The van der Waals surface area contributed by atoms with Crippen LogP contribution >= 0.6 is 11.9 Å². The minimum absolute atomic E-state index is 0.394. The average molecular weight is 201 g/mol. The van der Waals surface area contributed by atoms with Gasteiger partial charge in [0.2, 0.25) is 10.8 Å². The van der Waals surface area contributed by atoms with Gasteiger partial charge in [0.05, 0.1) is 0 Å². The molecule has 70 valence electrons. The molecule has 3 nitrogen and oxygen atoms in total. The summed E-state index contributed by atoms with van der Waals surface area (Å²) in [6, 6.07) is 0. The molecule has 1 unspecified atom stereocenters. The lowest BCUT2D eigenvalue weighted by atomic mass is 10.3. The third-order valence-corrected chi connectivity index (χ3v) is 1.97. The number of carbonyl (C=O) groups excluding carboxylic acids is 1. The molecule has 1 rings (SSSR count). The van der Waals surface area contributed by atoms with Gasteiger partial charge in [-0.15, -0.1) is 0 Å². The van der Waals surface area contributed by atoms with E-state index in [4.69, 9.17) is 0 Å². The average Bonchev–Trinajstić information content (AvgIpc) is 2.60. The Labute approximate surface area is 70.8 Å². The zero-order chi connectivity index (χ0) is 9.41. The van der Waals surface area contributed by atoms with Gasteiger partial charge in [-0.25, -0.2) is 4.72 Å². The SMILES string of the molecule is CC(=O)SNC1(C(F)(F)F)CO1. The van der Waals surface area contributed by atoms with Crippen LogP contribution in [0, 0.1) is 0 Å². The maximum absolute atomic E-state index is 12.0. The molecule has 1 heterocycles. The van der Waals surface area contributed by atoms with E-state index in [9.17, 15) is 18.0 Å². The summed E-state index contributed by atoms with van der Waals surface area (Å²) in [6.07, 6.45) is -4.46. The van der Waals surface area contributed by atoms with E-state index in [-0.39, 0.29) is 0 Å². The van der Waals surface area contributed by atoms with Crippen molar-refractivity contribution in [3.63, 3.8) is 0 Å². The van der Waals surface area contributed by atoms with Crippen molar-refractivity contribution in [2.24, 2.45) is 0 Å². The number of rotatable bonds is 2. The maximum atomic E-state index is 12.0. The van der Waals surface area contributed by atoms with Crippen molar-refractivity contribution in [2.75, 3.05) is 6.61 Å². The molecule has 1 aliphatic heterocycles. The minimum atomic E-state index is -4.46. The number of carbonyl (C=O) groups is 1. The third kappa shape index (κ3) is 1.90. The molecule has 7 heteroatoms. The van der Waals surface area contributed by atoms with Crippen molar-refractivity contribution in [3.05, 3.63) is 0 Å². The first kappa shape index (κ1) is 9.82. The van der Waals surface area contributed by atoms with Crippen LogP contribution in [-0.4, -0.2) is 23.6 Å². The van der Waals surface area contributed by atoms with Crippen molar-refractivity contribution >= 4 is 17.1 Å². The summed E-state index contributed by atoms with van der Waals surface area (Å²) in [5, 5.41) is -0.436. The summed E-state index contributed by atoms with van der Waals surface area (Å²) < 4.78 is 42.2. The maximum Gasteiger partial charge on any atom is 0.434 e. The number of hydrogen-bond donors (Lipinski definition) is 1. The number of hydrogen-bond acceptors (Lipinski definition) is 4. The van der Waals surface area contributed by atoms with Crippen LogP contribution in [-0.2, 0) is 9.53 Å². The second-order valence-electron chi connectivity index (χ2n) is 2.31. The Morgan fingerprint density at radius 1 is 1.67 bits per heavy atom. The van der Waals surface area contributed by atoms with Crippen LogP contribution < -0.4 is 4.72 Å². The Bertz CT molecular complexity index is 201. The first-order chi connectivity index (χ1) is 5.37. The number of epoxide rings is 1. The highest BCUT2D eigenvalue weighted by Crippen LogP contribution is 2.42. The van der Waals surface area contributed by atoms with Crippen LogP contribution in [0.15, 0.2) is 0 Å². The van der Waals surface area contributed by atoms with Crippen LogP contribution in [0.1, 0.15) is 6.92 Å². The predicted octanol–water partition coefficient (Wildman–Crippen LogP) is 1.06. The molecule has 0 spiro atoms. The van der Waals surface area contributed by atoms with E-state index >= 15 is 0 Å². The molecule has 0 aromatic carbocycles. The topological polar surface area (TPSA) is 41.6 Å². The van der Waals surface area contributed by atoms with Gasteiger partial charge in [-0.2, -0.15) is 13.2 Å². The number of nitrogens with one attached hydrogen (secondary N) is 1. The zero-order valence-corrected chi connectivity index (χ0v) is 6.88. The van der Waals surface area contributed by atoms with Crippen molar-refractivity contribution < 1.29 is 22.7 Å². The molecule has 0 aliphatic carbocycles. The van der Waals surface area contributed by atoms with Crippen LogP contribution in [0.4, 0.5) is 13.2 Å². The molecule has 1 saturated heterocycles. The third-order valence-electron chi connectivity index (χ3n) is 1.25. The van der Waals surface area contributed by atoms with Crippen LogP contribution in [0.5, 0.6) is 0 Å². The monoisotopic (exact) mass is 201 g/mol. The smallest absolute Gasteiger partial charge is 0.344 e. The Hall–Kier alpha value is -0.270. The molecule has 1 atom stereocenters. The summed E-state index contributed by atoms with van der Waals surface area (Å²) in [5.41, 5.74) is -2.29. The second kappa shape index (κ2) is 2.90. The number of alkyl halides is 3. The lowest BCUT2D eigenvalue weighted by Gasteiger charge is -2.15. The van der Waals surface area contributed by atoms with Crippen molar-refractivity contribution in [3.8, 4) is 0 Å². The van der Waals surface area contributed by atoms with Gasteiger partial charge in [0.1, 0.15) is 6.61 Å². The zero-order valence-electron chi connectivity index (χ0n) is 6.07. The molecule has 1 aliphatic rings. The Morgan fingerprint density at radius 2 is 2.17 bits per heavy atom. The summed E-state index contributed by atoms with van der Waals surface area (Å²) in [4.78, 5) is 10.3. The highest BCUT2D eigenvalue weighted by Gasteiger charge is 2.66. The number of ether oxygens (including phenoxy) is 1. The summed E-state index contributed by atoms with van der Waals surface area (Å²) in [7, 11) is 0. The van der Waals surface area contributed by atoms with Crippen LogP contribution in [0.2, 0.25) is 0 Å². The Balaban J connectivity index is 2.46. The summed E-state index contributed by atoms with van der Waals surface area (Å²) in [6.45, 7) is 0.737. The van der Waals surface area contributed by atoms with E-state index in [1.54, 1.807) is 0 Å². The summed E-state index contributed by atoms with van der Waals surface area (Å²) >= 11 is 0.394. The Morgan fingerprint density at radius 3 is 2.42 bits per heavy atom. The highest BCUT2D eigenvalue weighted by atomic mass is 32.2. The van der Waals surface area contributed by atoms with E-state index < -0.39 is 23.6 Å². The van der Waals surface area contributed by atoms with E-state index in [1.165, 1.54) is 6.92 Å². The molecule has 0 amide bonds. The predicted molar refractivity (Wildman–Crippen MR) is 36.1 cm³/mol. The summed E-state index contributed by atoms with van der Waals surface area (Å²) in [5.74, 6) is 0. The van der Waals surface area contributed by atoms with Gasteiger partial charge in [-0.3, -0.25) is 4.79 Å². The van der Waals surface area contributed by atoms with E-state index in [0.717, 1.165) is 0 Å². The van der Waals surface area contributed by atoms with Gasteiger partial charge >= 0.3 is 6.18 Å². The molecule has 12 heavy (non-hydrogen) atoms. The van der Waals surface area contributed by atoms with E-state index in [0.29, 0.717) is 11.9 Å². The van der Waals surface area contributed by atoms with Crippen molar-refractivity contribution in [1.29, 1.82) is 0 Å². The molecule has 0 aromatic rings. The van der Waals surface area contributed by atoms with Gasteiger partial charge in [-0.1, -0.05) is 0 Å². The first-order valence-corrected chi connectivity index (χ1v) is 3.84. The van der Waals surface area contributed by atoms with E-state index in [1.807, 2.05) is 4.72 Å². The molecule has 0 aromatic heterocycles. The molecular formula is C5H6F3NO2S. The fraction of sp³-hybridized carbons (Fsp3) is 0.800. The fourth-order valence-corrected chi connectivity index (χ4v) is 1.05. The molecule has 0 radical (unpaired) electrons. The molecular weight excluding hydrogens is 195 g/mol. The van der Waals surface area contributed by atoms with Crippen LogP contribution in [0.3, 0.4) is 0 Å². The van der Waals surface area contributed by atoms with Crippen molar-refractivity contribution in [2.45, 2.75) is 18.8 Å². The normalized spacial score (nSPS) is 28.7. The van der Waals surface area contributed by atoms with Gasteiger partial charge in [-0.05, 0) is 11.9 Å². The standard InChI is InChI=1S/C5H6F3NO2S/c1-3(10)12-9-4(2-11-4)5(6,7)8/h9H,2H2,1H3. The second-order valence-corrected chi connectivity index (χ2v) is 3.29. The van der Waals surface area contributed by atoms with Crippen molar-refractivity contribution in [1.82, 2.24) is 4.72 Å². The highest BCUT2D eigenvalue weighted by molar-refractivity contribution is 8.11. The largest absolute Gasteiger partial charge is 0.434 e. The molecule has 0 bridgehead atoms. The minimum Gasteiger partial charge on any atom is -0.344 e. The van der Waals surface area contributed by atoms with Gasteiger partial charge in [0.25, 0.3) is 0 Å². The van der Waals surface area contributed by atoms with Gasteiger partial charge in [0.15, 0.2) is 0 Å². The van der Waals surface area contributed by atoms with Gasteiger partial charge in [0, 0.05) is 6.92 Å². The molecule has 1 fully saturated rings. The molecule has 1 N–H and O–H groups in total. The first-order valence-electron chi connectivity index (χ1n) is 3.03.